The van der Waals surface area contributed by atoms with E-state index in [1.54, 1.807) is 12.1 Å². The standard InChI is InChI=1S/C20H23FN4.HI/c1-25(2)20(24-13-15-6-4-3-5-7-15)22-11-10-16-14-23-19-9-8-17(21)12-18(16)19;/h3-9,12,14,23H,10-11,13H2,1-2H3,(H,22,24);1H. The number of nitrogens with one attached hydrogen (secondary N) is 2. The molecule has 0 saturated heterocycles. The van der Waals surface area contributed by atoms with Crippen molar-refractivity contribution in [2.45, 2.75) is 13.0 Å². The van der Waals surface area contributed by atoms with E-state index < -0.39 is 0 Å². The Labute approximate surface area is 170 Å². The van der Waals surface area contributed by atoms with Gasteiger partial charge in [-0.1, -0.05) is 30.3 Å². The summed E-state index contributed by atoms with van der Waals surface area (Å²) in [4.78, 5) is 9.81. The minimum atomic E-state index is -0.209. The number of hydrogen-bond acceptors (Lipinski definition) is 1. The molecular weight excluding hydrogens is 442 g/mol. The molecule has 1 heterocycles. The van der Waals surface area contributed by atoms with E-state index >= 15 is 0 Å². The fraction of sp³-hybridized carbons (Fsp3) is 0.250. The second-order valence-corrected chi connectivity index (χ2v) is 6.20. The minimum absolute atomic E-state index is 0. The number of aromatic nitrogens is 1. The minimum Gasteiger partial charge on any atom is -0.361 e. The first kappa shape index (κ1) is 20.2. The lowest BCUT2D eigenvalue weighted by Crippen LogP contribution is -2.37. The molecule has 0 fully saturated rings. The molecule has 0 aliphatic carbocycles. The second-order valence-electron chi connectivity index (χ2n) is 6.20. The fourth-order valence-electron chi connectivity index (χ4n) is 2.77. The van der Waals surface area contributed by atoms with Crippen LogP contribution in [0.15, 0.2) is 59.7 Å². The lowest BCUT2D eigenvalue weighted by molar-refractivity contribution is 0.579. The van der Waals surface area contributed by atoms with Gasteiger partial charge in [-0.15, -0.1) is 24.0 Å². The number of benzene rings is 2. The average molecular weight is 466 g/mol. The van der Waals surface area contributed by atoms with Crippen LogP contribution >= 0.6 is 24.0 Å². The van der Waals surface area contributed by atoms with Crippen molar-refractivity contribution >= 4 is 40.8 Å². The van der Waals surface area contributed by atoms with Crippen LogP contribution in [0.3, 0.4) is 0 Å². The number of aromatic amines is 1. The molecule has 2 N–H and O–H groups in total. The number of rotatable bonds is 5. The lowest BCUT2D eigenvalue weighted by Gasteiger charge is -2.17. The molecule has 138 valence electrons. The Morgan fingerprint density at radius 3 is 2.65 bits per heavy atom. The van der Waals surface area contributed by atoms with E-state index in [2.05, 4.69) is 27.4 Å². The summed E-state index contributed by atoms with van der Waals surface area (Å²) in [5, 5.41) is 4.31. The summed E-state index contributed by atoms with van der Waals surface area (Å²) in [6.45, 7) is 1.37. The molecule has 2 aromatic carbocycles. The molecule has 3 rings (SSSR count). The predicted molar refractivity (Wildman–Crippen MR) is 117 cm³/mol. The van der Waals surface area contributed by atoms with Crippen LogP contribution in [0.4, 0.5) is 4.39 Å². The first-order valence-electron chi connectivity index (χ1n) is 8.38. The van der Waals surface area contributed by atoms with Gasteiger partial charge in [-0.2, -0.15) is 0 Å². The van der Waals surface area contributed by atoms with E-state index in [4.69, 9.17) is 0 Å². The molecule has 0 amide bonds. The summed E-state index contributed by atoms with van der Waals surface area (Å²) in [5.74, 6) is 0.634. The normalized spacial score (nSPS) is 11.3. The topological polar surface area (TPSA) is 43.4 Å². The maximum absolute atomic E-state index is 13.5. The molecule has 0 radical (unpaired) electrons. The van der Waals surface area contributed by atoms with Crippen molar-refractivity contribution in [3.05, 3.63) is 71.7 Å². The van der Waals surface area contributed by atoms with Crippen molar-refractivity contribution in [1.29, 1.82) is 0 Å². The summed E-state index contributed by atoms with van der Waals surface area (Å²) in [6.07, 6.45) is 2.74. The van der Waals surface area contributed by atoms with Crippen molar-refractivity contribution in [3.8, 4) is 0 Å². The average Bonchev–Trinajstić information content (AvgIpc) is 3.00. The van der Waals surface area contributed by atoms with Crippen LogP contribution in [0.2, 0.25) is 0 Å². The number of hydrogen-bond donors (Lipinski definition) is 2. The van der Waals surface area contributed by atoms with Gasteiger partial charge in [0.2, 0.25) is 0 Å². The molecule has 3 aromatic rings. The maximum atomic E-state index is 13.5. The molecule has 6 heteroatoms. The zero-order valence-electron chi connectivity index (χ0n) is 15.0. The zero-order chi connectivity index (χ0) is 17.6. The second kappa shape index (κ2) is 9.56. The number of fused-ring (bicyclic) bond motifs is 1. The number of halogens is 2. The van der Waals surface area contributed by atoms with Crippen LogP contribution in [0.5, 0.6) is 0 Å². The number of H-pyrrole nitrogens is 1. The van der Waals surface area contributed by atoms with Gasteiger partial charge < -0.3 is 15.2 Å². The molecule has 0 atom stereocenters. The number of nitrogens with zero attached hydrogens (tertiary/aromatic N) is 2. The van der Waals surface area contributed by atoms with Gasteiger partial charge in [0, 0.05) is 37.7 Å². The molecule has 4 nitrogen and oxygen atoms in total. The van der Waals surface area contributed by atoms with Crippen LogP contribution in [-0.2, 0) is 13.0 Å². The number of guanidine groups is 1. The van der Waals surface area contributed by atoms with E-state index in [0.29, 0.717) is 6.54 Å². The van der Waals surface area contributed by atoms with Crippen molar-refractivity contribution < 1.29 is 4.39 Å². The molecule has 0 bridgehead atoms. The Morgan fingerprint density at radius 2 is 1.92 bits per heavy atom. The SMILES string of the molecule is CN(C)C(=NCc1ccccc1)NCCc1c[nH]c2ccc(F)cc12.I. The quantitative estimate of drug-likeness (QED) is 0.337. The highest BCUT2D eigenvalue weighted by Crippen LogP contribution is 2.19. The van der Waals surface area contributed by atoms with Gasteiger partial charge in [0.25, 0.3) is 0 Å². The third kappa shape index (κ3) is 5.20. The highest BCUT2D eigenvalue weighted by atomic mass is 127. The van der Waals surface area contributed by atoms with E-state index in [9.17, 15) is 4.39 Å². The molecule has 26 heavy (non-hydrogen) atoms. The summed E-state index contributed by atoms with van der Waals surface area (Å²) in [5.41, 5.74) is 3.24. The van der Waals surface area contributed by atoms with E-state index in [1.165, 1.54) is 11.6 Å². The van der Waals surface area contributed by atoms with Gasteiger partial charge >= 0.3 is 0 Å². The molecule has 0 spiro atoms. The van der Waals surface area contributed by atoms with Crippen LogP contribution < -0.4 is 5.32 Å². The molecule has 1 aromatic heterocycles. The predicted octanol–water partition coefficient (Wildman–Crippen LogP) is 4.17. The Kier molecular flexibility index (Phi) is 7.44. The lowest BCUT2D eigenvalue weighted by atomic mass is 10.1. The summed E-state index contributed by atoms with van der Waals surface area (Å²) < 4.78 is 13.5. The summed E-state index contributed by atoms with van der Waals surface area (Å²) >= 11 is 0. The van der Waals surface area contributed by atoms with E-state index in [1.807, 2.05) is 43.4 Å². The van der Waals surface area contributed by atoms with Gasteiger partial charge in [-0.05, 0) is 35.7 Å². The Hall–Kier alpha value is -2.09. The van der Waals surface area contributed by atoms with Crippen molar-refractivity contribution in [2.24, 2.45) is 4.99 Å². The Bertz CT molecular complexity index is 859. The third-order valence-corrected chi connectivity index (χ3v) is 4.08. The van der Waals surface area contributed by atoms with Crippen LogP contribution in [0.25, 0.3) is 10.9 Å². The molecular formula is C20H24FIN4. The van der Waals surface area contributed by atoms with Crippen molar-refractivity contribution in [3.63, 3.8) is 0 Å². The highest BCUT2D eigenvalue weighted by Gasteiger charge is 2.06. The fourth-order valence-corrected chi connectivity index (χ4v) is 2.77. The molecule has 0 aliphatic rings. The highest BCUT2D eigenvalue weighted by molar-refractivity contribution is 14.0. The van der Waals surface area contributed by atoms with Crippen LogP contribution in [0.1, 0.15) is 11.1 Å². The summed E-state index contributed by atoms with van der Waals surface area (Å²) in [7, 11) is 3.94. The summed E-state index contributed by atoms with van der Waals surface area (Å²) in [6, 6.07) is 15.0. The first-order chi connectivity index (χ1) is 12.1. The van der Waals surface area contributed by atoms with Gasteiger partial charge in [-0.25, -0.2) is 9.38 Å². The zero-order valence-corrected chi connectivity index (χ0v) is 17.3. The first-order valence-corrected chi connectivity index (χ1v) is 8.38. The Balaban J connectivity index is 0.00000243. The van der Waals surface area contributed by atoms with E-state index in [-0.39, 0.29) is 29.8 Å². The van der Waals surface area contributed by atoms with Gasteiger partial charge in [-0.3, -0.25) is 0 Å². The van der Waals surface area contributed by atoms with Crippen LogP contribution in [0, 0.1) is 5.82 Å². The van der Waals surface area contributed by atoms with Gasteiger partial charge in [0.15, 0.2) is 5.96 Å². The molecule has 0 aliphatic heterocycles. The van der Waals surface area contributed by atoms with Crippen molar-refractivity contribution in [2.75, 3.05) is 20.6 Å². The van der Waals surface area contributed by atoms with Gasteiger partial charge in [0.05, 0.1) is 6.54 Å². The van der Waals surface area contributed by atoms with Crippen LogP contribution in [-0.4, -0.2) is 36.5 Å². The Morgan fingerprint density at radius 1 is 1.15 bits per heavy atom. The third-order valence-electron chi connectivity index (χ3n) is 4.08. The smallest absolute Gasteiger partial charge is 0.193 e. The maximum Gasteiger partial charge on any atom is 0.193 e. The van der Waals surface area contributed by atoms with Crippen molar-refractivity contribution in [1.82, 2.24) is 15.2 Å². The molecule has 0 unspecified atom stereocenters. The monoisotopic (exact) mass is 466 g/mol. The van der Waals surface area contributed by atoms with Gasteiger partial charge in [0.1, 0.15) is 5.82 Å². The largest absolute Gasteiger partial charge is 0.361 e. The molecule has 0 saturated carbocycles. The number of aliphatic imine (C=N–C) groups is 1. The van der Waals surface area contributed by atoms with E-state index in [0.717, 1.165) is 35.4 Å².